The van der Waals surface area contributed by atoms with Crippen molar-refractivity contribution in [1.29, 1.82) is 0 Å². The average Bonchev–Trinajstić information content (AvgIpc) is 2.87. The monoisotopic (exact) mass is 349 g/mol. The van der Waals surface area contributed by atoms with Crippen LogP contribution in [0.4, 0.5) is 5.69 Å². The van der Waals surface area contributed by atoms with Crippen molar-refractivity contribution in [2.45, 2.75) is 32.4 Å². The number of thioether (sulfide) groups is 1. The Morgan fingerprint density at radius 2 is 2.08 bits per heavy atom. The van der Waals surface area contributed by atoms with E-state index in [1.54, 1.807) is 24.3 Å². The molecule has 7 heteroatoms. The molecule has 24 heavy (non-hydrogen) atoms. The lowest BCUT2D eigenvalue weighted by molar-refractivity contribution is -0.122. The Kier molecular flexibility index (Phi) is 6.66. The first kappa shape index (κ1) is 18.3. The number of carbonyl (C=O) groups is 2. The van der Waals surface area contributed by atoms with Crippen LogP contribution in [-0.4, -0.2) is 35.4 Å². The van der Waals surface area contributed by atoms with Gasteiger partial charge in [-0.05, 0) is 37.1 Å². The zero-order chi connectivity index (χ0) is 17.5. The topological polar surface area (TPSA) is 79.8 Å². The van der Waals surface area contributed by atoms with Gasteiger partial charge in [0.1, 0.15) is 11.0 Å². The van der Waals surface area contributed by atoms with E-state index in [0.717, 1.165) is 5.75 Å². The fourth-order valence-electron chi connectivity index (χ4n) is 2.06. The number of hydrogen-bond acceptors (Lipinski definition) is 5. The van der Waals surface area contributed by atoms with Crippen molar-refractivity contribution >= 4 is 34.4 Å². The van der Waals surface area contributed by atoms with Crippen LogP contribution in [0.5, 0.6) is 5.75 Å². The predicted molar refractivity (Wildman–Crippen MR) is 97.5 cm³/mol. The summed E-state index contributed by atoms with van der Waals surface area (Å²) in [5, 5.41) is 5.70. The van der Waals surface area contributed by atoms with Gasteiger partial charge in [0, 0.05) is 18.7 Å². The molecule has 0 bridgehead atoms. The average molecular weight is 349 g/mol. The van der Waals surface area contributed by atoms with Gasteiger partial charge < -0.3 is 15.4 Å². The first-order valence-corrected chi connectivity index (χ1v) is 8.90. The second kappa shape index (κ2) is 8.73. The van der Waals surface area contributed by atoms with Crippen molar-refractivity contribution < 1.29 is 14.3 Å². The molecule has 2 amide bonds. The summed E-state index contributed by atoms with van der Waals surface area (Å²) in [4.78, 5) is 28.4. The highest BCUT2D eigenvalue weighted by molar-refractivity contribution is 8.15. The van der Waals surface area contributed by atoms with Gasteiger partial charge >= 0.3 is 0 Å². The number of hydrogen-bond donors (Lipinski definition) is 2. The summed E-state index contributed by atoms with van der Waals surface area (Å²) in [5.74, 6) is 0.825. The molecule has 0 radical (unpaired) electrons. The molecule has 1 atom stereocenters. The maximum absolute atomic E-state index is 12.1. The molecule has 1 saturated heterocycles. The van der Waals surface area contributed by atoms with E-state index in [2.05, 4.69) is 29.5 Å². The van der Waals surface area contributed by atoms with Crippen molar-refractivity contribution in [3.05, 3.63) is 24.3 Å². The van der Waals surface area contributed by atoms with Crippen LogP contribution in [0.25, 0.3) is 0 Å². The van der Waals surface area contributed by atoms with Gasteiger partial charge in [-0.2, -0.15) is 0 Å². The third kappa shape index (κ3) is 5.56. The van der Waals surface area contributed by atoms with E-state index in [1.165, 1.54) is 11.8 Å². The van der Waals surface area contributed by atoms with Crippen LogP contribution < -0.4 is 15.4 Å². The van der Waals surface area contributed by atoms with E-state index in [-0.39, 0.29) is 18.2 Å². The zero-order valence-corrected chi connectivity index (χ0v) is 15.0. The second-order valence-electron chi connectivity index (χ2n) is 5.85. The minimum Gasteiger partial charge on any atom is -0.494 e. The first-order valence-electron chi connectivity index (χ1n) is 8.02. The van der Waals surface area contributed by atoms with Crippen LogP contribution in [0.2, 0.25) is 0 Å². The first-order chi connectivity index (χ1) is 11.5. The number of rotatable bonds is 7. The highest BCUT2D eigenvalue weighted by Gasteiger charge is 2.31. The fraction of sp³-hybridized carbons (Fsp3) is 0.471. The van der Waals surface area contributed by atoms with Crippen LogP contribution in [0.15, 0.2) is 29.3 Å². The fourth-order valence-corrected chi connectivity index (χ4v) is 3.04. The van der Waals surface area contributed by atoms with Crippen molar-refractivity contribution in [1.82, 2.24) is 5.32 Å². The van der Waals surface area contributed by atoms with Crippen LogP contribution in [0.1, 0.15) is 27.2 Å². The van der Waals surface area contributed by atoms with E-state index in [9.17, 15) is 9.59 Å². The number of carbonyl (C=O) groups excluding carboxylic acids is 2. The predicted octanol–water partition coefficient (Wildman–Crippen LogP) is 2.66. The zero-order valence-electron chi connectivity index (χ0n) is 14.2. The SMILES string of the molecule is CCOc1ccc(NC(=O)C[C@H]2SC(=NCC(C)C)NC2=O)cc1. The number of amidine groups is 1. The molecule has 0 unspecified atom stereocenters. The highest BCUT2D eigenvalue weighted by Crippen LogP contribution is 2.23. The molecular weight excluding hydrogens is 326 g/mol. The number of ether oxygens (including phenoxy) is 1. The number of benzene rings is 1. The van der Waals surface area contributed by atoms with E-state index in [0.29, 0.717) is 29.9 Å². The standard InChI is InChI=1S/C17H23N3O3S/c1-4-23-13-7-5-12(6-8-13)19-15(21)9-14-16(22)20-17(24-14)18-10-11(2)3/h5-8,11,14H,4,9-10H2,1-3H3,(H,19,21)(H,18,20,22)/t14-/m1/s1. The Hall–Kier alpha value is -2.02. The largest absolute Gasteiger partial charge is 0.494 e. The molecule has 6 nitrogen and oxygen atoms in total. The molecule has 0 saturated carbocycles. The summed E-state index contributed by atoms with van der Waals surface area (Å²) in [7, 11) is 0. The number of aliphatic imine (C=N–C) groups is 1. The van der Waals surface area contributed by atoms with Gasteiger partial charge in [-0.1, -0.05) is 25.6 Å². The normalized spacial score (nSPS) is 18.8. The minimum atomic E-state index is -0.432. The third-order valence-electron chi connectivity index (χ3n) is 3.20. The Morgan fingerprint density at radius 1 is 1.38 bits per heavy atom. The van der Waals surface area contributed by atoms with E-state index in [4.69, 9.17) is 4.74 Å². The lowest BCUT2D eigenvalue weighted by Gasteiger charge is -2.08. The number of nitrogens with one attached hydrogen (secondary N) is 2. The van der Waals surface area contributed by atoms with Gasteiger partial charge in [-0.15, -0.1) is 0 Å². The molecule has 2 N–H and O–H groups in total. The molecule has 0 spiro atoms. The van der Waals surface area contributed by atoms with Gasteiger partial charge in [0.05, 0.1) is 6.61 Å². The Bertz CT molecular complexity index is 614. The summed E-state index contributed by atoms with van der Waals surface area (Å²) in [6.45, 7) is 7.30. The Labute approximate surface area is 146 Å². The maximum atomic E-state index is 12.1. The van der Waals surface area contributed by atoms with Gasteiger partial charge in [0.25, 0.3) is 0 Å². The van der Waals surface area contributed by atoms with Crippen molar-refractivity contribution in [3.63, 3.8) is 0 Å². The number of nitrogens with zero attached hydrogens (tertiary/aromatic N) is 1. The van der Waals surface area contributed by atoms with Crippen LogP contribution in [0, 0.1) is 5.92 Å². The van der Waals surface area contributed by atoms with E-state index >= 15 is 0 Å². The van der Waals surface area contributed by atoms with Crippen LogP contribution >= 0.6 is 11.8 Å². The van der Waals surface area contributed by atoms with E-state index < -0.39 is 5.25 Å². The van der Waals surface area contributed by atoms with Gasteiger partial charge in [0.15, 0.2) is 5.17 Å². The van der Waals surface area contributed by atoms with Gasteiger partial charge in [-0.3, -0.25) is 14.6 Å². The molecule has 1 heterocycles. The maximum Gasteiger partial charge on any atom is 0.240 e. The summed E-state index contributed by atoms with van der Waals surface area (Å²) in [6.07, 6.45) is 0.115. The van der Waals surface area contributed by atoms with Gasteiger partial charge in [-0.25, -0.2) is 0 Å². The van der Waals surface area contributed by atoms with E-state index in [1.807, 2.05) is 6.92 Å². The smallest absolute Gasteiger partial charge is 0.240 e. The Morgan fingerprint density at radius 3 is 2.71 bits per heavy atom. The number of anilines is 1. The molecule has 1 aliphatic heterocycles. The van der Waals surface area contributed by atoms with Crippen LogP contribution in [0.3, 0.4) is 0 Å². The Balaban J connectivity index is 1.85. The molecular formula is C17H23N3O3S. The van der Waals surface area contributed by atoms with Crippen LogP contribution in [-0.2, 0) is 9.59 Å². The summed E-state index contributed by atoms with van der Waals surface area (Å²) in [5.41, 5.74) is 0.681. The molecule has 1 aromatic carbocycles. The van der Waals surface area contributed by atoms with Crippen molar-refractivity contribution in [2.75, 3.05) is 18.5 Å². The van der Waals surface area contributed by atoms with Gasteiger partial charge in [0.2, 0.25) is 11.8 Å². The highest BCUT2D eigenvalue weighted by atomic mass is 32.2. The van der Waals surface area contributed by atoms with Crippen molar-refractivity contribution in [2.24, 2.45) is 10.9 Å². The molecule has 2 rings (SSSR count). The quantitative estimate of drug-likeness (QED) is 0.793. The summed E-state index contributed by atoms with van der Waals surface area (Å²) >= 11 is 1.32. The molecule has 1 aromatic rings. The summed E-state index contributed by atoms with van der Waals surface area (Å²) < 4.78 is 5.36. The molecule has 0 aliphatic carbocycles. The minimum absolute atomic E-state index is 0.115. The van der Waals surface area contributed by atoms with Crippen molar-refractivity contribution in [3.8, 4) is 5.75 Å². The molecule has 1 aliphatic rings. The molecule has 1 fully saturated rings. The molecule has 130 valence electrons. The lowest BCUT2D eigenvalue weighted by Crippen LogP contribution is -2.28. The number of amides is 2. The summed E-state index contributed by atoms with van der Waals surface area (Å²) in [6, 6.07) is 7.15. The lowest BCUT2D eigenvalue weighted by atomic mass is 10.2. The third-order valence-corrected chi connectivity index (χ3v) is 4.32. The second-order valence-corrected chi connectivity index (χ2v) is 7.04. The molecule has 0 aromatic heterocycles.